The maximum absolute atomic E-state index is 12.7. The van der Waals surface area contributed by atoms with E-state index in [2.05, 4.69) is 25.9 Å². The Kier molecular flexibility index (Phi) is 8.22. The highest BCUT2D eigenvalue weighted by atomic mass is 79.9. The van der Waals surface area contributed by atoms with Gasteiger partial charge < -0.3 is 14.5 Å². The number of halogens is 1. The molecule has 1 N–H and O–H groups in total. The average molecular weight is 555 g/mol. The normalized spacial score (nSPS) is 11.0. The highest BCUT2D eigenvalue weighted by Gasteiger charge is 2.16. The van der Waals surface area contributed by atoms with Crippen LogP contribution in [0.2, 0.25) is 0 Å². The molecule has 2 aromatic carbocycles. The van der Waals surface area contributed by atoms with Gasteiger partial charge >= 0.3 is 5.97 Å². The maximum atomic E-state index is 12.7. The molecule has 4 rings (SSSR count). The van der Waals surface area contributed by atoms with E-state index in [1.807, 2.05) is 29.6 Å². The first-order valence-corrected chi connectivity index (χ1v) is 12.7. The summed E-state index contributed by atoms with van der Waals surface area (Å²) in [7, 11) is 0. The van der Waals surface area contributed by atoms with Gasteiger partial charge in [0.2, 0.25) is 0 Å². The highest BCUT2D eigenvalue weighted by molar-refractivity contribution is 9.10. The molecule has 0 unspecified atom stereocenters. The minimum absolute atomic E-state index is 0.0773. The number of carbonyl (C=O) groups is 2. The Hall–Kier alpha value is -3.14. The molecule has 0 saturated carbocycles. The maximum Gasteiger partial charge on any atom is 0.338 e. The molecule has 0 aliphatic heterocycles. The van der Waals surface area contributed by atoms with Crippen molar-refractivity contribution >= 4 is 49.2 Å². The number of nitrogens with zero attached hydrogens (tertiary/aromatic N) is 1. The van der Waals surface area contributed by atoms with Gasteiger partial charge in [-0.2, -0.15) is 0 Å². The number of hydrogen-bond donors (Lipinski definition) is 1. The molecule has 0 aliphatic rings. The van der Waals surface area contributed by atoms with E-state index in [0.717, 1.165) is 21.2 Å². The molecule has 0 bridgehead atoms. The first-order chi connectivity index (χ1) is 16.9. The van der Waals surface area contributed by atoms with Gasteiger partial charge in [-0.1, -0.05) is 40.2 Å². The number of thiophene rings is 1. The number of nitrogens with one attached hydrogen (secondary N) is 1. The molecule has 7 nitrogen and oxygen atoms in total. The molecular weight excluding hydrogens is 532 g/mol. The van der Waals surface area contributed by atoms with E-state index in [0.29, 0.717) is 35.4 Å². The van der Waals surface area contributed by atoms with Crippen LogP contribution in [0.5, 0.6) is 0 Å². The summed E-state index contributed by atoms with van der Waals surface area (Å²) in [5.74, 6) is -0.489. The number of H-pyrrole nitrogens is 1. The van der Waals surface area contributed by atoms with Crippen LogP contribution in [-0.4, -0.2) is 28.3 Å². The zero-order valence-electron chi connectivity index (χ0n) is 19.0. The molecule has 0 radical (unpaired) electrons. The number of rotatable bonds is 10. The lowest BCUT2D eigenvalue weighted by molar-refractivity contribution is 0.0526. The zero-order chi connectivity index (χ0) is 24.8. The van der Waals surface area contributed by atoms with Crippen LogP contribution in [0, 0.1) is 0 Å². The third-order valence-corrected chi connectivity index (χ3v) is 6.72. The summed E-state index contributed by atoms with van der Waals surface area (Å²) in [6.07, 6.45) is 0.811. The Labute approximate surface area is 214 Å². The number of esters is 1. The third-order valence-electron chi connectivity index (χ3n) is 5.31. The van der Waals surface area contributed by atoms with Crippen LogP contribution in [0.1, 0.15) is 51.0 Å². The SMILES string of the molecule is CCOC(=O)c1ccc(COCc2csc3nc(C(=O)CCc4cccc(Br)c4)[nH]c(=O)c23)cc1. The number of aromatic nitrogens is 2. The fourth-order valence-corrected chi connectivity index (χ4v) is 4.92. The molecule has 2 heterocycles. The van der Waals surface area contributed by atoms with E-state index < -0.39 is 0 Å². The number of hydrogen-bond acceptors (Lipinski definition) is 7. The topological polar surface area (TPSA) is 98.3 Å². The summed E-state index contributed by atoms with van der Waals surface area (Å²) in [5, 5.41) is 2.27. The predicted molar refractivity (Wildman–Crippen MR) is 138 cm³/mol. The summed E-state index contributed by atoms with van der Waals surface area (Å²) in [6, 6.07) is 14.8. The molecule has 0 aliphatic carbocycles. The number of aromatic amines is 1. The van der Waals surface area contributed by atoms with Crippen molar-refractivity contribution in [2.75, 3.05) is 6.61 Å². The highest BCUT2D eigenvalue weighted by Crippen LogP contribution is 2.23. The van der Waals surface area contributed by atoms with Crippen molar-refractivity contribution in [1.82, 2.24) is 9.97 Å². The smallest absolute Gasteiger partial charge is 0.338 e. The second kappa shape index (κ2) is 11.5. The minimum Gasteiger partial charge on any atom is -0.462 e. The molecule has 0 fully saturated rings. The van der Waals surface area contributed by atoms with Crippen LogP contribution in [0.4, 0.5) is 0 Å². The Morgan fingerprint density at radius 3 is 2.63 bits per heavy atom. The van der Waals surface area contributed by atoms with Crippen LogP contribution < -0.4 is 5.56 Å². The molecule has 4 aromatic rings. The largest absolute Gasteiger partial charge is 0.462 e. The number of benzene rings is 2. The minimum atomic E-state index is -0.359. The van der Waals surface area contributed by atoms with Gasteiger partial charge in [0, 0.05) is 16.5 Å². The van der Waals surface area contributed by atoms with Gasteiger partial charge in [0.15, 0.2) is 11.6 Å². The van der Waals surface area contributed by atoms with Gasteiger partial charge in [-0.25, -0.2) is 9.78 Å². The summed E-state index contributed by atoms with van der Waals surface area (Å²) in [5.41, 5.74) is 2.78. The van der Waals surface area contributed by atoms with Crippen molar-refractivity contribution in [3.05, 3.63) is 96.8 Å². The van der Waals surface area contributed by atoms with Crippen molar-refractivity contribution in [1.29, 1.82) is 0 Å². The molecule has 2 aromatic heterocycles. The fourth-order valence-electron chi connectivity index (χ4n) is 3.54. The Morgan fingerprint density at radius 1 is 1.09 bits per heavy atom. The van der Waals surface area contributed by atoms with E-state index in [1.165, 1.54) is 11.3 Å². The van der Waals surface area contributed by atoms with E-state index in [9.17, 15) is 14.4 Å². The number of Topliss-reactive ketones (excluding diaryl/α,β-unsaturated/α-hetero) is 1. The van der Waals surface area contributed by atoms with Crippen molar-refractivity contribution in [2.24, 2.45) is 0 Å². The van der Waals surface area contributed by atoms with Crippen LogP contribution in [0.15, 0.2) is 63.2 Å². The van der Waals surface area contributed by atoms with Gasteiger partial charge in [0.25, 0.3) is 5.56 Å². The number of carbonyl (C=O) groups excluding carboxylic acids is 2. The van der Waals surface area contributed by atoms with Crippen molar-refractivity contribution in [2.45, 2.75) is 33.0 Å². The second-order valence-electron chi connectivity index (χ2n) is 7.82. The lowest BCUT2D eigenvalue weighted by atomic mass is 10.1. The van der Waals surface area contributed by atoms with Crippen LogP contribution in [0.25, 0.3) is 10.2 Å². The van der Waals surface area contributed by atoms with E-state index in [1.54, 1.807) is 31.2 Å². The lowest BCUT2D eigenvalue weighted by Crippen LogP contribution is -2.16. The van der Waals surface area contributed by atoms with Gasteiger partial charge in [0.1, 0.15) is 4.83 Å². The molecule has 9 heteroatoms. The number of aryl methyl sites for hydroxylation is 1. The van der Waals surface area contributed by atoms with E-state index in [4.69, 9.17) is 9.47 Å². The van der Waals surface area contributed by atoms with Gasteiger partial charge in [-0.05, 0) is 54.1 Å². The molecule has 35 heavy (non-hydrogen) atoms. The Bertz CT molecular complexity index is 1410. The van der Waals surface area contributed by atoms with Crippen molar-refractivity contribution in [3.63, 3.8) is 0 Å². The van der Waals surface area contributed by atoms with Gasteiger partial charge in [-0.15, -0.1) is 11.3 Å². The summed E-state index contributed by atoms with van der Waals surface area (Å²) >= 11 is 4.74. The second-order valence-corrected chi connectivity index (χ2v) is 9.59. The first-order valence-electron chi connectivity index (χ1n) is 11.1. The van der Waals surface area contributed by atoms with E-state index >= 15 is 0 Å². The average Bonchev–Trinajstić information content (AvgIpc) is 3.26. The number of ketones is 1. The van der Waals surface area contributed by atoms with Crippen molar-refractivity contribution < 1.29 is 19.1 Å². The third kappa shape index (κ3) is 6.30. The monoisotopic (exact) mass is 554 g/mol. The molecule has 0 saturated heterocycles. The summed E-state index contributed by atoms with van der Waals surface area (Å²) in [6.45, 7) is 2.63. The molecule has 0 spiro atoms. The first kappa shape index (κ1) is 25.0. The molecule has 0 amide bonds. The number of fused-ring (bicyclic) bond motifs is 1. The predicted octanol–water partition coefficient (Wildman–Crippen LogP) is 5.46. The molecule has 180 valence electrons. The van der Waals surface area contributed by atoms with Crippen LogP contribution >= 0.6 is 27.3 Å². The van der Waals surface area contributed by atoms with Gasteiger partial charge in [-0.3, -0.25) is 9.59 Å². The number of ether oxygens (including phenoxy) is 2. The summed E-state index contributed by atoms with van der Waals surface area (Å²) in [4.78, 5) is 44.7. The fraction of sp³-hybridized carbons (Fsp3) is 0.231. The molecular formula is C26H23BrN2O5S. The van der Waals surface area contributed by atoms with E-state index in [-0.39, 0.29) is 36.2 Å². The summed E-state index contributed by atoms with van der Waals surface area (Å²) < 4.78 is 11.7. The zero-order valence-corrected chi connectivity index (χ0v) is 21.4. The standard InChI is InChI=1S/C26H23BrN2O5S/c1-2-34-26(32)18-9-6-17(7-10-18)13-33-14-19-15-35-25-22(19)24(31)28-23(29-25)21(30)11-8-16-4-3-5-20(27)12-16/h3-7,9-10,12,15H,2,8,11,13-14H2,1H3,(H,28,29,31). The van der Waals surface area contributed by atoms with Crippen molar-refractivity contribution in [3.8, 4) is 0 Å². The lowest BCUT2D eigenvalue weighted by Gasteiger charge is -2.06. The Balaban J connectivity index is 1.38. The Morgan fingerprint density at radius 2 is 1.89 bits per heavy atom. The van der Waals surface area contributed by atoms with Crippen LogP contribution in [0.3, 0.4) is 0 Å². The quantitative estimate of drug-likeness (QED) is 0.206. The van der Waals surface area contributed by atoms with Gasteiger partial charge in [0.05, 0.1) is 30.8 Å². The van der Waals surface area contributed by atoms with Crippen LogP contribution in [-0.2, 0) is 29.1 Å². The molecule has 0 atom stereocenters.